The van der Waals surface area contributed by atoms with Gasteiger partial charge in [-0.3, -0.25) is 19.9 Å². The predicted molar refractivity (Wildman–Crippen MR) is 134 cm³/mol. The van der Waals surface area contributed by atoms with Gasteiger partial charge in [-0.2, -0.15) is 0 Å². The molecule has 6 aliphatic rings. The van der Waals surface area contributed by atoms with E-state index in [4.69, 9.17) is 21.7 Å². The lowest BCUT2D eigenvalue weighted by Crippen LogP contribution is -2.63. The highest BCUT2D eigenvalue weighted by Gasteiger charge is 2.61. The van der Waals surface area contributed by atoms with Crippen molar-refractivity contribution in [1.29, 1.82) is 5.41 Å². The third-order valence-electron chi connectivity index (χ3n) is 9.51. The number of hydrogen-bond acceptors (Lipinski definition) is 4. The molecule has 2 amide bonds. The van der Waals surface area contributed by atoms with E-state index in [9.17, 15) is 9.59 Å². The lowest BCUT2D eigenvalue weighted by Gasteiger charge is -2.45. The first-order chi connectivity index (χ1) is 16.7. The fourth-order valence-corrected chi connectivity index (χ4v) is 8.49. The van der Waals surface area contributed by atoms with Crippen LogP contribution in [-0.2, 0) is 19.9 Å². The van der Waals surface area contributed by atoms with Crippen LogP contribution in [0.15, 0.2) is 18.2 Å². The minimum atomic E-state index is -0.831. The van der Waals surface area contributed by atoms with Crippen LogP contribution in [0.1, 0.15) is 70.8 Å². The largest absolute Gasteiger partial charge is 0.378 e. The second-order valence-electron chi connectivity index (χ2n) is 11.9. The van der Waals surface area contributed by atoms with Crippen LogP contribution in [-0.4, -0.2) is 41.4 Å². The topological polar surface area (TPSA) is 94.5 Å². The number of anilines is 1. The maximum Gasteiger partial charge on any atom is 0.232 e. The fraction of sp³-hybridized carbons (Fsp3) is 0.667. The van der Waals surface area contributed by atoms with Gasteiger partial charge in [0, 0.05) is 12.6 Å². The van der Waals surface area contributed by atoms with Crippen LogP contribution in [0.5, 0.6) is 0 Å². The van der Waals surface area contributed by atoms with E-state index in [0.29, 0.717) is 35.1 Å². The van der Waals surface area contributed by atoms with Crippen molar-refractivity contribution in [2.24, 2.45) is 23.2 Å². The van der Waals surface area contributed by atoms with E-state index in [1.54, 1.807) is 4.90 Å². The Morgan fingerprint density at radius 3 is 2.66 bits per heavy atom. The SMILES string of the molecule is C[C@@H]1C[C@H](N2C(=N)N[C@](C)(c3cccc(NC(=O)C45CC6CC(CC4C6)C5)c3Cl)CC2=O)CCO1. The number of hydrogen-bond donors (Lipinski definition) is 3. The number of carbonyl (C=O) groups is 2. The summed E-state index contributed by atoms with van der Waals surface area (Å²) in [6.45, 7) is 4.51. The summed E-state index contributed by atoms with van der Waals surface area (Å²) >= 11 is 6.89. The van der Waals surface area contributed by atoms with Gasteiger partial charge in [-0.15, -0.1) is 0 Å². The van der Waals surface area contributed by atoms with Crippen LogP contribution in [0.4, 0.5) is 5.69 Å². The number of benzene rings is 1. The molecule has 8 heteroatoms. The Hall–Kier alpha value is -2.12. The van der Waals surface area contributed by atoms with Gasteiger partial charge < -0.3 is 15.4 Å². The highest BCUT2D eigenvalue weighted by atomic mass is 35.5. The number of ether oxygens (including phenoxy) is 1. The molecule has 2 unspecified atom stereocenters. The Bertz CT molecular complexity index is 1060. The van der Waals surface area contributed by atoms with Gasteiger partial charge in [0.2, 0.25) is 11.8 Å². The molecule has 188 valence electrons. The molecular formula is C27H35ClN4O3. The second-order valence-corrected chi connectivity index (χ2v) is 12.3. The standard InChI is InChI=1S/C27H35ClN4O3/c1-15-8-19(6-7-35-15)32-22(33)14-26(2,31-25(32)29)20-4-3-5-21(23(20)28)30-24(34)27-12-16-9-17(13-27)11-18(27)10-16/h3-5,15-19H,6-14H2,1-2H3,(H2,29,31)(H,30,34)/t15-,16?,17?,18?,19-,26+,27?/m1/s1. The van der Waals surface area contributed by atoms with E-state index in [-0.39, 0.29) is 41.8 Å². The summed E-state index contributed by atoms with van der Waals surface area (Å²) in [7, 11) is 0. The van der Waals surface area contributed by atoms with E-state index < -0.39 is 5.54 Å². The molecule has 35 heavy (non-hydrogen) atoms. The zero-order chi connectivity index (χ0) is 24.5. The molecule has 2 aliphatic heterocycles. The quantitative estimate of drug-likeness (QED) is 0.563. The van der Waals surface area contributed by atoms with Crippen LogP contribution >= 0.6 is 11.6 Å². The summed E-state index contributed by atoms with van der Waals surface area (Å²) in [5.74, 6) is 2.03. The number of carbonyl (C=O) groups excluding carboxylic acids is 2. The molecule has 1 aromatic rings. The van der Waals surface area contributed by atoms with Gasteiger partial charge >= 0.3 is 0 Å². The van der Waals surface area contributed by atoms with Gasteiger partial charge in [0.1, 0.15) is 0 Å². The third kappa shape index (κ3) is 3.69. The zero-order valence-corrected chi connectivity index (χ0v) is 21.3. The number of amides is 2. The Kier molecular flexibility index (Phi) is 5.46. The molecule has 2 heterocycles. The average Bonchev–Trinajstić information content (AvgIpc) is 3.19. The number of halogens is 1. The molecule has 4 aliphatic carbocycles. The van der Waals surface area contributed by atoms with Crippen LogP contribution in [0.2, 0.25) is 5.02 Å². The van der Waals surface area contributed by atoms with E-state index in [2.05, 4.69) is 10.6 Å². The third-order valence-corrected chi connectivity index (χ3v) is 9.92. The summed E-state index contributed by atoms with van der Waals surface area (Å²) in [5, 5.41) is 15.6. The summed E-state index contributed by atoms with van der Waals surface area (Å²) in [6, 6.07) is 5.57. The number of guanidine groups is 1. The average molecular weight is 499 g/mol. The summed E-state index contributed by atoms with van der Waals surface area (Å²) in [5.41, 5.74) is 0.254. The van der Waals surface area contributed by atoms with Crippen LogP contribution in [0.3, 0.4) is 0 Å². The minimum Gasteiger partial charge on any atom is -0.378 e. The molecule has 0 spiro atoms. The molecule has 5 atom stereocenters. The Balaban J connectivity index is 1.22. The van der Waals surface area contributed by atoms with E-state index in [0.717, 1.165) is 31.2 Å². The fourth-order valence-electron chi connectivity index (χ4n) is 8.10. The Morgan fingerprint density at radius 2 is 1.97 bits per heavy atom. The molecule has 7 rings (SSSR count). The zero-order valence-electron chi connectivity index (χ0n) is 20.5. The molecule has 2 saturated heterocycles. The number of nitrogens with one attached hydrogen (secondary N) is 3. The summed E-state index contributed by atoms with van der Waals surface area (Å²) in [6.07, 6.45) is 7.37. The van der Waals surface area contributed by atoms with Gasteiger partial charge in [0.15, 0.2) is 5.96 Å². The lowest BCUT2D eigenvalue weighted by atomic mass is 9.75. The van der Waals surface area contributed by atoms with Gasteiger partial charge in [-0.25, -0.2) is 0 Å². The molecule has 4 bridgehead atoms. The predicted octanol–water partition coefficient (Wildman–Crippen LogP) is 4.64. The Morgan fingerprint density at radius 1 is 1.23 bits per heavy atom. The van der Waals surface area contributed by atoms with Crippen molar-refractivity contribution in [2.75, 3.05) is 11.9 Å². The number of nitrogens with zero attached hydrogens (tertiary/aromatic N) is 1. The maximum atomic E-state index is 13.6. The first kappa shape index (κ1) is 23.3. The van der Waals surface area contributed by atoms with E-state index in [1.807, 2.05) is 32.0 Å². The molecular weight excluding hydrogens is 464 g/mol. The molecule has 7 nitrogen and oxygen atoms in total. The first-order valence-electron chi connectivity index (χ1n) is 13.1. The minimum absolute atomic E-state index is 0.0341. The highest BCUT2D eigenvalue weighted by molar-refractivity contribution is 6.34. The second kappa shape index (κ2) is 8.20. The molecule has 6 fully saturated rings. The molecule has 4 saturated carbocycles. The summed E-state index contributed by atoms with van der Waals surface area (Å²) in [4.78, 5) is 28.4. The molecule has 1 aromatic carbocycles. The first-order valence-corrected chi connectivity index (χ1v) is 13.5. The van der Waals surface area contributed by atoms with Crippen molar-refractivity contribution < 1.29 is 14.3 Å². The smallest absolute Gasteiger partial charge is 0.232 e. The molecule has 3 N–H and O–H groups in total. The van der Waals surface area contributed by atoms with Gasteiger partial charge in [0.25, 0.3) is 0 Å². The van der Waals surface area contributed by atoms with Crippen LogP contribution in [0, 0.1) is 28.6 Å². The van der Waals surface area contributed by atoms with E-state index >= 15 is 0 Å². The van der Waals surface area contributed by atoms with Crippen LogP contribution in [0.25, 0.3) is 0 Å². The lowest BCUT2D eigenvalue weighted by molar-refractivity contribution is -0.134. The van der Waals surface area contributed by atoms with Crippen LogP contribution < -0.4 is 10.6 Å². The number of rotatable bonds is 4. The molecule has 0 aromatic heterocycles. The monoisotopic (exact) mass is 498 g/mol. The summed E-state index contributed by atoms with van der Waals surface area (Å²) < 4.78 is 5.63. The van der Waals surface area contributed by atoms with Gasteiger partial charge in [0.05, 0.1) is 34.2 Å². The maximum absolute atomic E-state index is 13.6. The van der Waals surface area contributed by atoms with Crippen molar-refractivity contribution in [3.05, 3.63) is 28.8 Å². The van der Waals surface area contributed by atoms with E-state index in [1.165, 1.54) is 19.3 Å². The molecule has 0 radical (unpaired) electrons. The van der Waals surface area contributed by atoms with Gasteiger partial charge in [-0.05, 0) is 88.2 Å². The van der Waals surface area contributed by atoms with Crippen molar-refractivity contribution >= 4 is 35.1 Å². The van der Waals surface area contributed by atoms with Crippen molar-refractivity contribution in [3.8, 4) is 0 Å². The van der Waals surface area contributed by atoms with Gasteiger partial charge in [-0.1, -0.05) is 23.7 Å². The van der Waals surface area contributed by atoms with Crippen molar-refractivity contribution in [1.82, 2.24) is 10.2 Å². The normalized spacial score (nSPS) is 40.2. The van der Waals surface area contributed by atoms with Crippen molar-refractivity contribution in [2.45, 2.75) is 82.9 Å². The van der Waals surface area contributed by atoms with Crippen molar-refractivity contribution in [3.63, 3.8) is 0 Å². The Labute approximate surface area is 211 Å². The highest BCUT2D eigenvalue weighted by Crippen LogP contribution is 2.65.